The third-order valence-electron chi connectivity index (χ3n) is 5.78. The van der Waals surface area contributed by atoms with Crippen molar-refractivity contribution in [3.8, 4) is 17.2 Å². The maximum Gasteiger partial charge on any atom is 0.347 e. The van der Waals surface area contributed by atoms with Crippen LogP contribution in [0.3, 0.4) is 0 Å². The first-order valence-electron chi connectivity index (χ1n) is 10.6. The number of amides is 1. The van der Waals surface area contributed by atoms with Crippen molar-refractivity contribution < 1.29 is 9.53 Å². The molecule has 8 nitrogen and oxygen atoms in total. The number of benzene rings is 1. The van der Waals surface area contributed by atoms with E-state index >= 15 is 0 Å². The van der Waals surface area contributed by atoms with E-state index in [0.29, 0.717) is 32.4 Å². The van der Waals surface area contributed by atoms with Crippen LogP contribution in [-0.4, -0.2) is 40.8 Å². The number of ether oxygens (including phenoxy) is 1. The minimum atomic E-state index is -0.865. The van der Waals surface area contributed by atoms with Crippen molar-refractivity contribution in [2.24, 2.45) is 5.73 Å². The van der Waals surface area contributed by atoms with Crippen molar-refractivity contribution in [3.63, 3.8) is 0 Å². The molecule has 0 saturated heterocycles. The van der Waals surface area contributed by atoms with Crippen LogP contribution in [0.2, 0.25) is 0 Å². The zero-order chi connectivity index (χ0) is 22.3. The van der Waals surface area contributed by atoms with E-state index in [1.165, 1.54) is 4.57 Å². The highest BCUT2D eigenvalue weighted by Gasteiger charge is 2.36. The average molecular weight is 424 g/mol. The summed E-state index contributed by atoms with van der Waals surface area (Å²) < 4.78 is 6.55. The van der Waals surface area contributed by atoms with Gasteiger partial charge in [0.1, 0.15) is 6.04 Å². The first-order valence-corrected chi connectivity index (χ1v) is 10.6. The van der Waals surface area contributed by atoms with Crippen molar-refractivity contribution in [1.82, 2.24) is 14.9 Å². The van der Waals surface area contributed by atoms with Crippen LogP contribution in [0.25, 0.3) is 11.1 Å². The first-order chi connectivity index (χ1) is 14.9. The fourth-order valence-corrected chi connectivity index (χ4v) is 3.86. The Morgan fingerprint density at radius 1 is 1.29 bits per heavy atom. The summed E-state index contributed by atoms with van der Waals surface area (Å²) in [6, 6.07) is 9.19. The molecule has 3 rings (SSSR count). The van der Waals surface area contributed by atoms with Crippen LogP contribution < -0.4 is 16.7 Å². The number of rotatable bonds is 8. The Balaban J connectivity index is 1.66. The number of aromatic nitrogens is 2. The number of nitrogens with one attached hydrogen (secondary N) is 1. The van der Waals surface area contributed by atoms with Gasteiger partial charge in [-0.25, -0.2) is 9.78 Å². The second kappa shape index (κ2) is 10.3. The molecule has 1 saturated carbocycles. The topological polar surface area (TPSA) is 123 Å². The predicted molar refractivity (Wildman–Crippen MR) is 117 cm³/mol. The zero-order valence-corrected chi connectivity index (χ0v) is 17.8. The Morgan fingerprint density at radius 3 is 2.65 bits per heavy atom. The summed E-state index contributed by atoms with van der Waals surface area (Å²) in [5.41, 5.74) is 7.74. The van der Waals surface area contributed by atoms with Crippen molar-refractivity contribution in [1.29, 1.82) is 5.26 Å². The Morgan fingerprint density at radius 2 is 2.00 bits per heavy atom. The number of hydrogen-bond donors (Lipinski definition) is 2. The molecule has 8 heteroatoms. The highest BCUT2D eigenvalue weighted by molar-refractivity contribution is 5.86. The van der Waals surface area contributed by atoms with E-state index < -0.39 is 11.6 Å². The largest absolute Gasteiger partial charge is 0.383 e. The third kappa shape index (κ3) is 5.78. The van der Waals surface area contributed by atoms with Crippen molar-refractivity contribution in [3.05, 3.63) is 52.7 Å². The molecule has 1 fully saturated rings. The minimum Gasteiger partial charge on any atom is -0.383 e. The van der Waals surface area contributed by atoms with E-state index in [0.717, 1.165) is 36.0 Å². The van der Waals surface area contributed by atoms with Gasteiger partial charge < -0.3 is 15.8 Å². The van der Waals surface area contributed by atoms with Gasteiger partial charge in [-0.2, -0.15) is 5.26 Å². The van der Waals surface area contributed by atoms with Crippen LogP contribution in [0.1, 0.15) is 37.7 Å². The van der Waals surface area contributed by atoms with E-state index in [-0.39, 0.29) is 11.6 Å². The molecule has 0 radical (unpaired) electrons. The molecular weight excluding hydrogens is 394 g/mol. The van der Waals surface area contributed by atoms with Gasteiger partial charge >= 0.3 is 5.69 Å². The van der Waals surface area contributed by atoms with Crippen LogP contribution in [-0.2, 0) is 22.5 Å². The van der Waals surface area contributed by atoms with Gasteiger partial charge in [-0.1, -0.05) is 43.5 Å². The molecule has 0 bridgehead atoms. The van der Waals surface area contributed by atoms with Gasteiger partial charge in [-0.3, -0.25) is 9.36 Å². The molecule has 1 heterocycles. The predicted octanol–water partition coefficient (Wildman–Crippen LogP) is 1.77. The van der Waals surface area contributed by atoms with E-state index in [1.807, 2.05) is 24.3 Å². The second-order valence-electron chi connectivity index (χ2n) is 8.08. The monoisotopic (exact) mass is 423 g/mol. The Kier molecular flexibility index (Phi) is 7.55. The third-order valence-corrected chi connectivity index (χ3v) is 5.78. The van der Waals surface area contributed by atoms with E-state index in [2.05, 4.69) is 16.4 Å². The number of nitrogens with two attached hydrogens (primary N) is 1. The normalized spacial score (nSPS) is 16.3. The number of methoxy groups -OCH3 is 1. The van der Waals surface area contributed by atoms with E-state index in [9.17, 15) is 14.9 Å². The molecule has 31 heavy (non-hydrogen) atoms. The van der Waals surface area contributed by atoms with Crippen LogP contribution in [0, 0.1) is 11.3 Å². The second-order valence-corrected chi connectivity index (χ2v) is 8.08. The minimum absolute atomic E-state index is 0.236. The van der Waals surface area contributed by atoms with E-state index in [4.69, 9.17) is 10.5 Å². The fourth-order valence-electron chi connectivity index (χ4n) is 3.86. The fraction of sp³-hybridized carbons (Fsp3) is 0.478. The number of carbonyl (C=O) groups excluding carboxylic acids is 1. The number of carbonyl (C=O) groups is 1. The summed E-state index contributed by atoms with van der Waals surface area (Å²) >= 11 is 0. The summed E-state index contributed by atoms with van der Waals surface area (Å²) in [6.07, 6.45) is 7.99. The Hall–Kier alpha value is -3.02. The summed E-state index contributed by atoms with van der Waals surface area (Å²) in [5.74, 6) is -0.236. The summed E-state index contributed by atoms with van der Waals surface area (Å²) in [4.78, 5) is 28.4. The Labute approximate surface area is 182 Å². The van der Waals surface area contributed by atoms with Crippen LogP contribution in [0.4, 0.5) is 0 Å². The molecule has 3 N–H and O–H groups in total. The molecule has 164 valence electrons. The highest BCUT2D eigenvalue weighted by Crippen LogP contribution is 2.26. The number of hydrogen-bond acceptors (Lipinski definition) is 6. The maximum absolute atomic E-state index is 12.6. The lowest BCUT2D eigenvalue weighted by Crippen LogP contribution is -2.57. The summed E-state index contributed by atoms with van der Waals surface area (Å²) in [7, 11) is 1.58. The SMILES string of the molecule is COCCn1cc(-c2ccc(C[C@@H](C#N)NC(=O)C3(N)CCCCC3)cc2)cnc1=O. The van der Waals surface area contributed by atoms with Crippen molar-refractivity contribution in [2.45, 2.75) is 56.7 Å². The van der Waals surface area contributed by atoms with Crippen LogP contribution in [0.5, 0.6) is 0 Å². The van der Waals surface area contributed by atoms with Crippen molar-refractivity contribution in [2.75, 3.05) is 13.7 Å². The van der Waals surface area contributed by atoms with Gasteiger partial charge in [0.25, 0.3) is 0 Å². The lowest BCUT2D eigenvalue weighted by Gasteiger charge is -2.32. The Bertz CT molecular complexity index is 988. The molecule has 1 aliphatic rings. The lowest BCUT2D eigenvalue weighted by molar-refractivity contribution is -0.127. The molecule has 0 unspecified atom stereocenters. The molecule has 1 aliphatic carbocycles. The van der Waals surface area contributed by atoms with Gasteiger partial charge in [-0.15, -0.1) is 0 Å². The average Bonchev–Trinajstić information content (AvgIpc) is 2.79. The van der Waals surface area contributed by atoms with Gasteiger partial charge in [0.15, 0.2) is 0 Å². The maximum atomic E-state index is 12.6. The number of nitriles is 1. The van der Waals surface area contributed by atoms with Crippen LogP contribution in [0.15, 0.2) is 41.5 Å². The molecule has 0 aliphatic heterocycles. The van der Waals surface area contributed by atoms with Gasteiger partial charge in [0.05, 0.1) is 24.8 Å². The standard InChI is InChI=1S/C23H29N5O3/c1-31-12-11-28-16-19(15-26-22(28)30)18-7-5-17(6-8-18)13-20(14-24)27-21(29)23(25)9-3-2-4-10-23/h5-8,15-16,20H,2-4,9-13,25H2,1H3,(H,27,29)/t20-/m0/s1. The molecule has 1 atom stereocenters. The smallest absolute Gasteiger partial charge is 0.347 e. The summed E-state index contributed by atoms with van der Waals surface area (Å²) in [6.45, 7) is 0.857. The van der Waals surface area contributed by atoms with Gasteiger partial charge in [-0.05, 0) is 24.0 Å². The van der Waals surface area contributed by atoms with Gasteiger partial charge in [0, 0.05) is 31.5 Å². The highest BCUT2D eigenvalue weighted by atomic mass is 16.5. The lowest BCUT2D eigenvalue weighted by atomic mass is 9.81. The van der Waals surface area contributed by atoms with Gasteiger partial charge in [0.2, 0.25) is 5.91 Å². The van der Waals surface area contributed by atoms with Crippen molar-refractivity contribution >= 4 is 5.91 Å². The molecule has 0 spiro atoms. The molecule has 2 aromatic rings. The molecular formula is C23H29N5O3. The number of nitrogens with zero attached hydrogens (tertiary/aromatic N) is 3. The molecule has 1 amide bonds. The van der Waals surface area contributed by atoms with E-state index in [1.54, 1.807) is 19.5 Å². The first kappa shape index (κ1) is 22.7. The molecule has 1 aromatic heterocycles. The quantitative estimate of drug-likeness (QED) is 0.667. The van der Waals surface area contributed by atoms with Crippen LogP contribution >= 0.6 is 0 Å². The molecule has 1 aromatic carbocycles. The zero-order valence-electron chi connectivity index (χ0n) is 17.8. The summed E-state index contributed by atoms with van der Waals surface area (Å²) in [5, 5.41) is 12.3.